The molecule has 2 rings (SSSR count). The zero-order valence-corrected chi connectivity index (χ0v) is 10.6. The summed E-state index contributed by atoms with van der Waals surface area (Å²) in [4.78, 5) is 45.0. The topological polar surface area (TPSA) is 138 Å². The Morgan fingerprint density at radius 1 is 1.33 bits per heavy atom. The number of nitrogens with zero attached hydrogens (tertiary/aromatic N) is 2. The molecule has 1 aromatic rings. The average Bonchev–Trinajstić information content (AvgIpc) is 2.79. The zero-order chi connectivity index (χ0) is 15.7. The number of hydrogen-bond donors (Lipinski definition) is 2. The molecule has 1 fully saturated rings. The lowest BCUT2D eigenvalue weighted by molar-refractivity contribution is -0.385. The molecule has 0 spiro atoms. The third-order valence-electron chi connectivity index (χ3n) is 3.20. The van der Waals surface area contributed by atoms with Gasteiger partial charge in [-0.1, -0.05) is 6.07 Å². The molecule has 1 unspecified atom stereocenters. The molecule has 0 radical (unpaired) electrons. The van der Waals surface area contributed by atoms with Crippen molar-refractivity contribution in [3.63, 3.8) is 0 Å². The Hall–Kier alpha value is -2.97. The minimum absolute atomic E-state index is 0.162. The molecule has 1 aliphatic rings. The number of benzene rings is 1. The van der Waals surface area contributed by atoms with Crippen molar-refractivity contribution in [3.05, 3.63) is 33.9 Å². The first kappa shape index (κ1) is 14.4. The molecule has 1 aromatic carbocycles. The first-order valence-corrected chi connectivity index (χ1v) is 5.86. The molecule has 0 bridgehead atoms. The molecule has 1 atom stereocenters. The van der Waals surface area contributed by atoms with Crippen molar-refractivity contribution in [2.45, 2.75) is 6.42 Å². The van der Waals surface area contributed by atoms with Gasteiger partial charge >= 0.3 is 11.9 Å². The quantitative estimate of drug-likeness (QED) is 0.616. The van der Waals surface area contributed by atoms with Crippen molar-refractivity contribution in [2.75, 3.05) is 11.4 Å². The predicted octanol–water partition coefficient (Wildman–Crippen LogP) is 0.730. The number of carbonyl (C=O) groups is 3. The maximum absolute atomic E-state index is 11.8. The summed E-state index contributed by atoms with van der Waals surface area (Å²) in [6, 6.07) is 3.52. The minimum atomic E-state index is -1.55. The van der Waals surface area contributed by atoms with Crippen molar-refractivity contribution in [1.82, 2.24) is 0 Å². The van der Waals surface area contributed by atoms with Crippen LogP contribution in [0.2, 0.25) is 0 Å². The summed E-state index contributed by atoms with van der Waals surface area (Å²) in [5, 5.41) is 29.0. The number of hydrogen-bond acceptors (Lipinski definition) is 5. The number of carbonyl (C=O) groups excluding carboxylic acids is 1. The van der Waals surface area contributed by atoms with Gasteiger partial charge in [-0.2, -0.15) is 0 Å². The van der Waals surface area contributed by atoms with E-state index >= 15 is 0 Å². The monoisotopic (exact) mass is 294 g/mol. The molecular formula is C12H10N2O7. The maximum atomic E-state index is 11.8. The molecule has 1 heterocycles. The molecule has 0 saturated carbocycles. The average molecular weight is 294 g/mol. The fourth-order valence-electron chi connectivity index (χ4n) is 2.23. The Balaban J connectivity index is 2.52. The van der Waals surface area contributed by atoms with Crippen molar-refractivity contribution in [2.24, 2.45) is 5.92 Å². The Morgan fingerprint density at radius 2 is 2.00 bits per heavy atom. The molecule has 9 nitrogen and oxygen atoms in total. The smallest absolute Gasteiger partial charge is 0.344 e. The highest BCUT2D eigenvalue weighted by Gasteiger charge is 2.38. The van der Waals surface area contributed by atoms with Crippen LogP contribution in [0.4, 0.5) is 11.4 Å². The number of carboxylic acid groups (broad SMARTS) is 2. The summed E-state index contributed by atoms with van der Waals surface area (Å²) < 4.78 is 0. The van der Waals surface area contributed by atoms with E-state index in [1.165, 1.54) is 12.1 Å². The lowest BCUT2D eigenvalue weighted by Gasteiger charge is -2.18. The molecule has 1 saturated heterocycles. The highest BCUT2D eigenvalue weighted by molar-refractivity contribution is 6.06. The van der Waals surface area contributed by atoms with Crippen LogP contribution < -0.4 is 4.90 Å². The van der Waals surface area contributed by atoms with E-state index in [2.05, 4.69) is 0 Å². The summed E-state index contributed by atoms with van der Waals surface area (Å²) in [6.07, 6.45) is -0.267. The molecule has 21 heavy (non-hydrogen) atoms. The predicted molar refractivity (Wildman–Crippen MR) is 68.2 cm³/mol. The van der Waals surface area contributed by atoms with Gasteiger partial charge in [0, 0.05) is 19.0 Å². The summed E-state index contributed by atoms with van der Waals surface area (Å²) in [7, 11) is 0. The second-order valence-corrected chi connectivity index (χ2v) is 4.48. The molecule has 1 amide bonds. The number of nitro groups is 1. The van der Waals surface area contributed by atoms with Crippen molar-refractivity contribution >= 4 is 29.2 Å². The molecule has 1 aliphatic heterocycles. The number of nitro benzene ring substituents is 1. The SMILES string of the molecule is O=C(O)c1c(N2CC(C(=O)O)CC2=O)cccc1[N+](=O)[O-]. The van der Waals surface area contributed by atoms with E-state index in [-0.39, 0.29) is 18.7 Å². The number of carboxylic acids is 2. The number of aliphatic carboxylic acids is 1. The third kappa shape index (κ3) is 2.53. The molecular weight excluding hydrogens is 284 g/mol. The largest absolute Gasteiger partial charge is 0.481 e. The number of anilines is 1. The Morgan fingerprint density at radius 3 is 2.48 bits per heavy atom. The molecule has 9 heteroatoms. The van der Waals surface area contributed by atoms with Crippen LogP contribution in [0, 0.1) is 16.0 Å². The van der Waals surface area contributed by atoms with Gasteiger partial charge < -0.3 is 15.1 Å². The van der Waals surface area contributed by atoms with Gasteiger partial charge in [0.05, 0.1) is 16.5 Å². The lowest BCUT2D eigenvalue weighted by atomic mass is 10.1. The van der Waals surface area contributed by atoms with E-state index < -0.39 is 39.9 Å². The van der Waals surface area contributed by atoms with Crippen LogP contribution >= 0.6 is 0 Å². The van der Waals surface area contributed by atoms with Gasteiger partial charge in [-0.15, -0.1) is 0 Å². The first-order valence-electron chi connectivity index (χ1n) is 5.86. The first-order chi connectivity index (χ1) is 9.82. The fourth-order valence-corrected chi connectivity index (χ4v) is 2.23. The standard InChI is InChI=1S/C12H10N2O7/c15-9-4-6(11(16)17)5-13(9)7-2-1-3-8(14(20)21)10(7)12(18)19/h1-3,6H,4-5H2,(H,16,17)(H,18,19). The van der Waals surface area contributed by atoms with Crippen LogP contribution in [0.1, 0.15) is 16.8 Å². The Labute approximate surface area is 117 Å². The zero-order valence-electron chi connectivity index (χ0n) is 10.6. The van der Waals surface area contributed by atoms with Gasteiger partial charge in [0.25, 0.3) is 5.69 Å². The Kier molecular flexibility index (Phi) is 3.57. The van der Waals surface area contributed by atoms with Gasteiger partial charge in [-0.3, -0.25) is 19.7 Å². The van der Waals surface area contributed by atoms with Gasteiger partial charge in [-0.25, -0.2) is 4.79 Å². The molecule has 2 N–H and O–H groups in total. The third-order valence-corrected chi connectivity index (χ3v) is 3.20. The molecule has 0 aromatic heterocycles. The van der Waals surface area contributed by atoms with Gasteiger partial charge in [0.2, 0.25) is 5.91 Å². The Bertz CT molecular complexity index is 655. The second kappa shape index (κ2) is 5.19. The van der Waals surface area contributed by atoms with Crippen molar-refractivity contribution in [3.8, 4) is 0 Å². The van der Waals surface area contributed by atoms with Crippen LogP contribution in [0.3, 0.4) is 0 Å². The van der Waals surface area contributed by atoms with Crippen molar-refractivity contribution in [1.29, 1.82) is 0 Å². The molecule has 110 valence electrons. The van der Waals surface area contributed by atoms with E-state index in [0.717, 1.165) is 11.0 Å². The summed E-state index contributed by atoms with van der Waals surface area (Å²) in [5.74, 6) is -4.26. The summed E-state index contributed by atoms with van der Waals surface area (Å²) in [5.41, 5.74) is -1.43. The highest BCUT2D eigenvalue weighted by atomic mass is 16.6. The van der Waals surface area contributed by atoms with Crippen LogP contribution in [0.5, 0.6) is 0 Å². The second-order valence-electron chi connectivity index (χ2n) is 4.48. The fraction of sp³-hybridized carbons (Fsp3) is 0.250. The van der Waals surface area contributed by atoms with E-state index in [1.807, 2.05) is 0 Å². The van der Waals surface area contributed by atoms with E-state index in [9.17, 15) is 24.5 Å². The van der Waals surface area contributed by atoms with E-state index in [4.69, 9.17) is 10.2 Å². The van der Waals surface area contributed by atoms with Crippen molar-refractivity contribution < 1.29 is 29.5 Å². The summed E-state index contributed by atoms with van der Waals surface area (Å²) >= 11 is 0. The number of aromatic carboxylic acids is 1. The number of rotatable bonds is 4. The highest BCUT2D eigenvalue weighted by Crippen LogP contribution is 2.33. The normalized spacial score (nSPS) is 17.8. The van der Waals surface area contributed by atoms with Crippen LogP contribution in [0.25, 0.3) is 0 Å². The maximum Gasteiger partial charge on any atom is 0.344 e. The van der Waals surface area contributed by atoms with Gasteiger partial charge in [0.15, 0.2) is 5.56 Å². The van der Waals surface area contributed by atoms with E-state index in [1.54, 1.807) is 0 Å². The van der Waals surface area contributed by atoms with Gasteiger partial charge in [-0.05, 0) is 6.07 Å². The van der Waals surface area contributed by atoms with Crippen LogP contribution in [0.15, 0.2) is 18.2 Å². The van der Waals surface area contributed by atoms with Crippen LogP contribution in [-0.2, 0) is 9.59 Å². The summed E-state index contributed by atoms with van der Waals surface area (Å²) in [6.45, 7) is -0.213. The van der Waals surface area contributed by atoms with Crippen LogP contribution in [-0.4, -0.2) is 39.5 Å². The number of amides is 1. The van der Waals surface area contributed by atoms with E-state index in [0.29, 0.717) is 0 Å². The minimum Gasteiger partial charge on any atom is -0.481 e. The van der Waals surface area contributed by atoms with Gasteiger partial charge in [0.1, 0.15) is 0 Å². The molecule has 0 aliphatic carbocycles. The lowest BCUT2D eigenvalue weighted by Crippen LogP contribution is -2.27.